The Kier molecular flexibility index (Phi) is 17.8. The number of nitrogens with one attached hydrogen (secondary N) is 2. The summed E-state index contributed by atoms with van der Waals surface area (Å²) in [5.74, 6) is -0.840. The zero-order valence-corrected chi connectivity index (χ0v) is 35.0. The van der Waals surface area contributed by atoms with Gasteiger partial charge in [0, 0.05) is 51.9 Å². The second-order valence-corrected chi connectivity index (χ2v) is 16.2. The number of carbonyl (C=O) groups excluding carboxylic acids is 3. The van der Waals surface area contributed by atoms with Crippen molar-refractivity contribution in [2.75, 3.05) is 48.5 Å². The molecule has 1 saturated heterocycles. The van der Waals surface area contributed by atoms with Crippen LogP contribution in [0.2, 0.25) is 0 Å². The zero-order valence-electron chi connectivity index (χ0n) is 35.0. The lowest BCUT2D eigenvalue weighted by atomic mass is 9.89. The van der Waals surface area contributed by atoms with Crippen LogP contribution in [-0.2, 0) is 30.3 Å². The smallest absolute Gasteiger partial charge is 0.245 e. The highest BCUT2D eigenvalue weighted by molar-refractivity contribution is 5.90. The van der Waals surface area contributed by atoms with E-state index >= 15 is 0 Å². The summed E-state index contributed by atoms with van der Waals surface area (Å²) in [6.45, 7) is 15.1. The maximum absolute atomic E-state index is 14.2. The van der Waals surface area contributed by atoms with Gasteiger partial charge in [0.2, 0.25) is 17.7 Å². The Bertz CT molecular complexity index is 1470. The van der Waals surface area contributed by atoms with Gasteiger partial charge in [0.25, 0.3) is 0 Å². The van der Waals surface area contributed by atoms with E-state index in [0.717, 1.165) is 42.1 Å². The molecule has 12 heteroatoms. The molecule has 0 aliphatic carbocycles. The fourth-order valence-corrected chi connectivity index (χ4v) is 8.40. The Hall–Kier alpha value is -3.16. The molecule has 2 aromatic rings. The lowest BCUT2D eigenvalue weighted by Gasteiger charge is -2.41. The molecule has 0 saturated carbocycles. The van der Waals surface area contributed by atoms with E-state index in [1.54, 1.807) is 32.4 Å². The summed E-state index contributed by atoms with van der Waals surface area (Å²) in [6, 6.07) is 8.34. The Morgan fingerprint density at radius 3 is 2.30 bits per heavy atom. The number of ether oxygens (including phenoxy) is 2. The first-order valence-corrected chi connectivity index (χ1v) is 19.9. The van der Waals surface area contributed by atoms with Gasteiger partial charge in [-0.1, -0.05) is 73.1 Å². The van der Waals surface area contributed by atoms with Crippen LogP contribution in [0.3, 0.4) is 0 Å². The molecule has 1 aromatic heterocycles. The standard InChI is InChI=1S/C42H70N6O6/c1-13-28(6)38(47(10)42(52)36(26(2)3)45-41(51)37(27(4)5)46(8)9)34(53-11)25-35(49)48-24-16-20-33(48)39(54-12)29(7)40(50)44-23-21-30-17-14-19-32-31(30)18-15-22-43-32/h14-15,17-19,22,26-29,33-34,36-40,44,50H,13,16,20-21,23-25H2,1-12H3,(H,45,51)/t28-,29+,33-,34+,36-,37-,38?,39+,40?/m0/s1. The monoisotopic (exact) mass is 755 g/mol. The lowest BCUT2D eigenvalue weighted by molar-refractivity contribution is -0.147. The number of hydrogen-bond acceptors (Lipinski definition) is 9. The number of amides is 3. The van der Waals surface area contributed by atoms with Gasteiger partial charge in [-0.15, -0.1) is 0 Å². The fourth-order valence-electron chi connectivity index (χ4n) is 8.40. The molecule has 1 aliphatic heterocycles. The SMILES string of the molecule is CC[C@H](C)C([C@@H](CC(=O)N1CCC[C@H]1[C@H](OC)[C@@H](C)C(O)NCCc1cccc2ncccc12)OC)N(C)C(=O)[C@@H](NC(=O)[C@H](C(C)C)N(C)C)C(C)C. The number of likely N-dealkylation sites (tertiary alicyclic amines) is 1. The van der Waals surface area contributed by atoms with Crippen LogP contribution in [0.1, 0.15) is 79.7 Å². The van der Waals surface area contributed by atoms with Gasteiger partial charge in [0.1, 0.15) is 12.3 Å². The average molecular weight is 755 g/mol. The molecular weight excluding hydrogens is 684 g/mol. The number of hydrogen-bond donors (Lipinski definition) is 3. The van der Waals surface area contributed by atoms with Crippen molar-refractivity contribution in [2.45, 2.75) is 123 Å². The molecule has 0 bridgehead atoms. The van der Waals surface area contributed by atoms with Crippen LogP contribution in [0, 0.1) is 23.7 Å². The summed E-state index contributed by atoms with van der Waals surface area (Å²) in [5, 5.41) is 18.7. The van der Waals surface area contributed by atoms with E-state index in [2.05, 4.69) is 41.6 Å². The molecule has 3 amide bonds. The van der Waals surface area contributed by atoms with Crippen molar-refractivity contribution in [3.8, 4) is 0 Å². The Balaban J connectivity index is 1.72. The summed E-state index contributed by atoms with van der Waals surface area (Å²) in [6.07, 6.45) is 3.13. The first-order chi connectivity index (χ1) is 25.6. The predicted octanol–water partition coefficient (Wildman–Crippen LogP) is 4.33. The minimum Gasteiger partial charge on any atom is -0.379 e. The number of aliphatic hydroxyl groups excluding tert-OH is 1. The Morgan fingerprint density at radius 2 is 1.70 bits per heavy atom. The van der Waals surface area contributed by atoms with Crippen molar-refractivity contribution in [2.24, 2.45) is 23.7 Å². The van der Waals surface area contributed by atoms with Gasteiger partial charge in [-0.25, -0.2) is 0 Å². The van der Waals surface area contributed by atoms with Gasteiger partial charge < -0.3 is 29.7 Å². The normalized spacial score (nSPS) is 19.4. The Labute approximate surface area is 324 Å². The quantitative estimate of drug-likeness (QED) is 0.159. The largest absolute Gasteiger partial charge is 0.379 e. The number of methoxy groups -OCH3 is 2. The first-order valence-electron chi connectivity index (χ1n) is 19.9. The third-order valence-corrected chi connectivity index (χ3v) is 11.5. The molecule has 304 valence electrons. The molecule has 9 atom stereocenters. The summed E-state index contributed by atoms with van der Waals surface area (Å²) >= 11 is 0. The van der Waals surface area contributed by atoms with Crippen molar-refractivity contribution in [3.05, 3.63) is 42.1 Å². The number of carbonyl (C=O) groups is 3. The Morgan fingerprint density at radius 1 is 1.00 bits per heavy atom. The number of aliphatic hydroxyl groups is 1. The van der Waals surface area contributed by atoms with Gasteiger partial charge in [0.15, 0.2) is 0 Å². The molecule has 2 unspecified atom stereocenters. The third kappa shape index (κ3) is 11.2. The zero-order chi connectivity index (χ0) is 40.3. The molecule has 3 rings (SSSR count). The highest BCUT2D eigenvalue weighted by Crippen LogP contribution is 2.30. The number of fused-ring (bicyclic) bond motifs is 1. The van der Waals surface area contributed by atoms with Crippen LogP contribution < -0.4 is 10.6 Å². The first kappa shape index (κ1) is 45.2. The van der Waals surface area contributed by atoms with Crippen molar-refractivity contribution in [1.29, 1.82) is 0 Å². The number of pyridine rings is 1. The van der Waals surface area contributed by atoms with E-state index in [4.69, 9.17) is 9.47 Å². The number of nitrogens with zero attached hydrogens (tertiary/aromatic N) is 4. The van der Waals surface area contributed by atoms with Crippen molar-refractivity contribution >= 4 is 28.6 Å². The molecule has 3 N–H and O–H groups in total. The molecule has 0 radical (unpaired) electrons. The minimum atomic E-state index is -0.843. The number of likely N-dealkylation sites (N-methyl/N-ethyl adjacent to an activating group) is 2. The number of aromatic nitrogens is 1. The molecule has 1 aliphatic rings. The predicted molar refractivity (Wildman–Crippen MR) is 215 cm³/mol. The summed E-state index contributed by atoms with van der Waals surface area (Å²) < 4.78 is 12.1. The van der Waals surface area contributed by atoms with Crippen molar-refractivity contribution in [3.63, 3.8) is 0 Å². The van der Waals surface area contributed by atoms with Crippen molar-refractivity contribution in [1.82, 2.24) is 30.3 Å². The highest BCUT2D eigenvalue weighted by atomic mass is 16.5. The van der Waals surface area contributed by atoms with E-state index in [1.807, 2.05) is 76.7 Å². The molecule has 1 aromatic carbocycles. The lowest BCUT2D eigenvalue weighted by Crippen LogP contribution is -2.59. The van der Waals surface area contributed by atoms with Crippen LogP contribution >= 0.6 is 0 Å². The van der Waals surface area contributed by atoms with Crippen LogP contribution in [0.5, 0.6) is 0 Å². The van der Waals surface area contributed by atoms with E-state index in [9.17, 15) is 19.5 Å². The maximum Gasteiger partial charge on any atom is 0.245 e. The third-order valence-electron chi connectivity index (χ3n) is 11.5. The summed E-state index contributed by atoms with van der Waals surface area (Å²) in [5.41, 5.74) is 2.11. The summed E-state index contributed by atoms with van der Waals surface area (Å²) in [7, 11) is 8.73. The minimum absolute atomic E-state index is 0.0119. The van der Waals surface area contributed by atoms with E-state index in [0.29, 0.717) is 13.1 Å². The highest BCUT2D eigenvalue weighted by Gasteiger charge is 2.43. The van der Waals surface area contributed by atoms with Gasteiger partial charge in [0.05, 0.1) is 42.3 Å². The molecule has 0 spiro atoms. The van der Waals surface area contributed by atoms with E-state index < -0.39 is 30.5 Å². The van der Waals surface area contributed by atoms with E-state index in [-0.39, 0.29) is 59.9 Å². The van der Waals surface area contributed by atoms with Crippen LogP contribution in [-0.4, -0.2) is 134 Å². The van der Waals surface area contributed by atoms with Gasteiger partial charge in [-0.05, 0) is 68.8 Å². The van der Waals surface area contributed by atoms with Gasteiger partial charge >= 0.3 is 0 Å². The van der Waals surface area contributed by atoms with Crippen LogP contribution in [0.25, 0.3) is 10.9 Å². The second kappa shape index (κ2) is 21.2. The van der Waals surface area contributed by atoms with Gasteiger partial charge in [-0.3, -0.25) is 29.6 Å². The van der Waals surface area contributed by atoms with Crippen molar-refractivity contribution < 1.29 is 29.0 Å². The molecule has 2 heterocycles. The maximum atomic E-state index is 14.2. The molecule has 54 heavy (non-hydrogen) atoms. The summed E-state index contributed by atoms with van der Waals surface area (Å²) in [4.78, 5) is 51.8. The van der Waals surface area contributed by atoms with Crippen LogP contribution in [0.15, 0.2) is 36.5 Å². The fraction of sp³-hybridized carbons (Fsp3) is 0.714. The molecular formula is C42H70N6O6. The van der Waals surface area contributed by atoms with Crippen LogP contribution in [0.4, 0.5) is 0 Å². The second-order valence-electron chi connectivity index (χ2n) is 16.2. The van der Waals surface area contributed by atoms with Gasteiger partial charge in [-0.2, -0.15) is 0 Å². The molecule has 12 nitrogen and oxygen atoms in total. The average Bonchev–Trinajstić information content (AvgIpc) is 3.62. The number of benzene rings is 1. The topological polar surface area (TPSA) is 137 Å². The molecule has 1 fully saturated rings. The van der Waals surface area contributed by atoms with E-state index in [1.165, 1.54) is 0 Å². The number of rotatable bonds is 21.